The number of hydrogen-bond donors (Lipinski definition) is 1. The summed E-state index contributed by atoms with van der Waals surface area (Å²) in [5.74, 6) is 1.07. The zero-order valence-corrected chi connectivity index (χ0v) is 14.0. The van der Waals surface area contributed by atoms with Crippen LogP contribution < -0.4 is 19.7 Å². The summed E-state index contributed by atoms with van der Waals surface area (Å²) >= 11 is 0. The molecule has 0 saturated carbocycles. The Morgan fingerprint density at radius 3 is 2.25 bits per heavy atom. The molecule has 0 aliphatic carbocycles. The van der Waals surface area contributed by atoms with Crippen molar-refractivity contribution in [3.8, 4) is 11.5 Å². The van der Waals surface area contributed by atoms with Gasteiger partial charge in [0.25, 0.3) is 5.91 Å². The Morgan fingerprint density at radius 2 is 1.62 bits per heavy atom. The van der Waals surface area contributed by atoms with Gasteiger partial charge in [0.05, 0.1) is 14.2 Å². The van der Waals surface area contributed by atoms with Crippen LogP contribution in [0.4, 0.5) is 11.4 Å². The molecule has 0 atom stereocenters. The molecule has 0 radical (unpaired) electrons. The fourth-order valence-corrected chi connectivity index (χ4v) is 2.92. The van der Waals surface area contributed by atoms with Gasteiger partial charge in [0, 0.05) is 36.1 Å². The van der Waals surface area contributed by atoms with Crippen LogP contribution in [0.5, 0.6) is 11.5 Å². The summed E-state index contributed by atoms with van der Waals surface area (Å²) in [6.07, 6.45) is 2.48. The Labute approximate surface area is 142 Å². The van der Waals surface area contributed by atoms with Crippen molar-refractivity contribution in [1.29, 1.82) is 0 Å². The predicted octanol–water partition coefficient (Wildman–Crippen LogP) is 3.56. The standard InChI is InChI=1S/C19H22N2O3/c1-23-17-10-7-15(13-18(17)24-2)20-19(22)14-5-8-16(9-6-14)21-11-3-4-12-21/h5-10,13H,3-4,11-12H2,1-2H3,(H,20,22). The summed E-state index contributed by atoms with van der Waals surface area (Å²) in [6, 6.07) is 13.1. The minimum atomic E-state index is -0.143. The third-order valence-electron chi connectivity index (χ3n) is 4.24. The van der Waals surface area contributed by atoms with Crippen LogP contribution in [0.25, 0.3) is 0 Å². The molecule has 1 heterocycles. The Kier molecular flexibility index (Phi) is 4.89. The average Bonchev–Trinajstić information content (AvgIpc) is 3.16. The summed E-state index contributed by atoms with van der Waals surface area (Å²) in [7, 11) is 3.15. The smallest absolute Gasteiger partial charge is 0.255 e. The van der Waals surface area contributed by atoms with E-state index in [1.54, 1.807) is 32.4 Å². The molecule has 1 N–H and O–H groups in total. The molecule has 3 rings (SSSR count). The molecule has 0 aromatic heterocycles. The lowest BCUT2D eigenvalue weighted by atomic mass is 10.1. The van der Waals surface area contributed by atoms with Crippen LogP contribution in [0.1, 0.15) is 23.2 Å². The van der Waals surface area contributed by atoms with Crippen LogP contribution >= 0.6 is 0 Å². The van der Waals surface area contributed by atoms with Crippen LogP contribution in [0.3, 0.4) is 0 Å². The van der Waals surface area contributed by atoms with Gasteiger partial charge in [-0.1, -0.05) is 0 Å². The normalized spacial score (nSPS) is 13.7. The van der Waals surface area contributed by atoms with Crippen molar-refractivity contribution in [3.05, 3.63) is 48.0 Å². The summed E-state index contributed by atoms with van der Waals surface area (Å²) < 4.78 is 10.5. The molecule has 2 aromatic rings. The third-order valence-corrected chi connectivity index (χ3v) is 4.24. The first-order valence-corrected chi connectivity index (χ1v) is 8.09. The molecule has 0 spiro atoms. The van der Waals surface area contributed by atoms with E-state index in [2.05, 4.69) is 10.2 Å². The van der Waals surface area contributed by atoms with E-state index in [4.69, 9.17) is 9.47 Å². The second-order valence-corrected chi connectivity index (χ2v) is 5.76. The van der Waals surface area contributed by atoms with E-state index >= 15 is 0 Å². The second-order valence-electron chi connectivity index (χ2n) is 5.76. The number of amides is 1. The molecule has 24 heavy (non-hydrogen) atoms. The molecule has 1 saturated heterocycles. The van der Waals surface area contributed by atoms with E-state index < -0.39 is 0 Å². The predicted molar refractivity (Wildman–Crippen MR) is 95.4 cm³/mol. The van der Waals surface area contributed by atoms with E-state index in [1.807, 2.05) is 24.3 Å². The van der Waals surface area contributed by atoms with Gasteiger partial charge in [0.15, 0.2) is 11.5 Å². The second kappa shape index (κ2) is 7.25. The number of carbonyl (C=O) groups is 1. The Balaban J connectivity index is 1.70. The summed E-state index contributed by atoms with van der Waals surface area (Å²) in [6.45, 7) is 2.19. The van der Waals surface area contributed by atoms with Gasteiger partial charge in [-0.3, -0.25) is 4.79 Å². The molecule has 1 aliphatic heterocycles. The molecule has 5 nitrogen and oxygen atoms in total. The van der Waals surface area contributed by atoms with Gasteiger partial charge in [0.1, 0.15) is 0 Å². The quantitative estimate of drug-likeness (QED) is 0.913. The number of benzene rings is 2. The average molecular weight is 326 g/mol. The van der Waals surface area contributed by atoms with Crippen molar-refractivity contribution in [1.82, 2.24) is 0 Å². The molecule has 0 bridgehead atoms. The van der Waals surface area contributed by atoms with Gasteiger partial charge in [0.2, 0.25) is 0 Å². The summed E-state index contributed by atoms with van der Waals surface area (Å²) in [5, 5.41) is 2.89. The minimum Gasteiger partial charge on any atom is -0.493 e. The Bertz CT molecular complexity index is 707. The Morgan fingerprint density at radius 1 is 0.958 bits per heavy atom. The highest BCUT2D eigenvalue weighted by atomic mass is 16.5. The molecule has 1 amide bonds. The molecular formula is C19H22N2O3. The number of nitrogens with one attached hydrogen (secondary N) is 1. The zero-order valence-electron chi connectivity index (χ0n) is 14.0. The van der Waals surface area contributed by atoms with E-state index in [-0.39, 0.29) is 5.91 Å². The number of rotatable bonds is 5. The van der Waals surface area contributed by atoms with Crippen LogP contribution in [0, 0.1) is 0 Å². The monoisotopic (exact) mass is 326 g/mol. The van der Waals surface area contributed by atoms with Crippen LogP contribution in [0.15, 0.2) is 42.5 Å². The first-order chi connectivity index (χ1) is 11.7. The molecule has 126 valence electrons. The highest BCUT2D eigenvalue weighted by Gasteiger charge is 2.13. The molecule has 1 fully saturated rings. The van der Waals surface area contributed by atoms with E-state index in [0.717, 1.165) is 13.1 Å². The van der Waals surface area contributed by atoms with Crippen LogP contribution in [-0.4, -0.2) is 33.2 Å². The van der Waals surface area contributed by atoms with E-state index in [9.17, 15) is 4.79 Å². The third kappa shape index (κ3) is 3.45. The fourth-order valence-electron chi connectivity index (χ4n) is 2.92. The van der Waals surface area contributed by atoms with Gasteiger partial charge in [-0.05, 0) is 49.2 Å². The maximum Gasteiger partial charge on any atom is 0.255 e. The van der Waals surface area contributed by atoms with E-state index in [1.165, 1.54) is 18.5 Å². The van der Waals surface area contributed by atoms with E-state index in [0.29, 0.717) is 22.7 Å². The molecule has 5 heteroatoms. The number of anilines is 2. The van der Waals surface area contributed by atoms with Gasteiger partial charge in [-0.25, -0.2) is 0 Å². The van der Waals surface area contributed by atoms with Crippen molar-refractivity contribution in [3.63, 3.8) is 0 Å². The van der Waals surface area contributed by atoms with Crippen molar-refractivity contribution >= 4 is 17.3 Å². The fraction of sp³-hybridized carbons (Fsp3) is 0.316. The number of nitrogens with zero attached hydrogens (tertiary/aromatic N) is 1. The highest BCUT2D eigenvalue weighted by Crippen LogP contribution is 2.30. The maximum atomic E-state index is 12.4. The number of methoxy groups -OCH3 is 2. The lowest BCUT2D eigenvalue weighted by molar-refractivity contribution is 0.102. The van der Waals surface area contributed by atoms with Crippen molar-refractivity contribution in [2.75, 3.05) is 37.5 Å². The first-order valence-electron chi connectivity index (χ1n) is 8.09. The number of carbonyl (C=O) groups excluding carboxylic acids is 1. The minimum absolute atomic E-state index is 0.143. The largest absolute Gasteiger partial charge is 0.493 e. The number of ether oxygens (including phenoxy) is 2. The SMILES string of the molecule is COc1ccc(NC(=O)c2ccc(N3CCCC3)cc2)cc1OC. The van der Waals surface area contributed by atoms with Crippen LogP contribution in [0.2, 0.25) is 0 Å². The van der Waals surface area contributed by atoms with Crippen LogP contribution in [-0.2, 0) is 0 Å². The van der Waals surface area contributed by atoms with Gasteiger partial charge < -0.3 is 19.7 Å². The molecule has 0 unspecified atom stereocenters. The van der Waals surface area contributed by atoms with Crippen molar-refractivity contribution in [2.45, 2.75) is 12.8 Å². The van der Waals surface area contributed by atoms with Gasteiger partial charge in [-0.2, -0.15) is 0 Å². The lowest BCUT2D eigenvalue weighted by Gasteiger charge is -2.17. The Hall–Kier alpha value is -2.69. The first kappa shape index (κ1) is 16.2. The lowest BCUT2D eigenvalue weighted by Crippen LogP contribution is -2.18. The van der Waals surface area contributed by atoms with Crippen molar-refractivity contribution < 1.29 is 14.3 Å². The van der Waals surface area contributed by atoms with Gasteiger partial charge >= 0.3 is 0 Å². The molecule has 1 aliphatic rings. The summed E-state index contributed by atoms with van der Waals surface area (Å²) in [4.78, 5) is 14.7. The van der Waals surface area contributed by atoms with Gasteiger partial charge in [-0.15, -0.1) is 0 Å². The zero-order chi connectivity index (χ0) is 16.9. The molecule has 2 aromatic carbocycles. The highest BCUT2D eigenvalue weighted by molar-refractivity contribution is 6.04. The van der Waals surface area contributed by atoms with Crippen molar-refractivity contribution in [2.24, 2.45) is 0 Å². The molecular weight excluding hydrogens is 304 g/mol. The topological polar surface area (TPSA) is 50.8 Å². The summed E-state index contributed by atoms with van der Waals surface area (Å²) in [5.41, 5.74) is 2.48. The maximum absolute atomic E-state index is 12.4. The number of hydrogen-bond acceptors (Lipinski definition) is 4.